The van der Waals surface area contributed by atoms with Gasteiger partial charge in [-0.25, -0.2) is 4.68 Å². The van der Waals surface area contributed by atoms with Gasteiger partial charge in [0.2, 0.25) is 11.8 Å². The van der Waals surface area contributed by atoms with Crippen molar-refractivity contribution in [2.24, 2.45) is 5.92 Å². The van der Waals surface area contributed by atoms with E-state index in [-0.39, 0.29) is 24.1 Å². The molecule has 1 heterocycles. The number of carbonyl (C=O) groups is 3. The maximum Gasteiger partial charge on any atom is 0.249 e. The van der Waals surface area contributed by atoms with Gasteiger partial charge in [-0.2, -0.15) is 0 Å². The zero-order valence-corrected chi connectivity index (χ0v) is 22.2. The molecule has 2 amide bonds. The second kappa shape index (κ2) is 11.8. The van der Waals surface area contributed by atoms with Gasteiger partial charge in [-0.05, 0) is 56.0 Å². The average molecular weight is 512 g/mol. The van der Waals surface area contributed by atoms with Gasteiger partial charge in [-0.3, -0.25) is 19.3 Å². The fourth-order valence-corrected chi connectivity index (χ4v) is 4.30. The van der Waals surface area contributed by atoms with Crippen LogP contribution in [0.3, 0.4) is 0 Å². The number of carbonyl (C=O) groups excluding carboxylic acids is 3. The quantitative estimate of drug-likeness (QED) is 0.306. The summed E-state index contributed by atoms with van der Waals surface area (Å²) in [5.74, 6) is -0.362. The minimum absolute atomic E-state index is 0.130. The van der Waals surface area contributed by atoms with Gasteiger partial charge in [0.15, 0.2) is 5.78 Å². The Morgan fingerprint density at radius 3 is 2.42 bits per heavy atom. The maximum atomic E-state index is 14.1. The van der Waals surface area contributed by atoms with E-state index < -0.39 is 6.04 Å². The summed E-state index contributed by atoms with van der Waals surface area (Å²) < 4.78 is 1.53. The lowest BCUT2D eigenvalue weighted by molar-refractivity contribution is -0.127. The van der Waals surface area contributed by atoms with E-state index in [0.29, 0.717) is 40.3 Å². The SMILES string of the molecule is CC(=O)c1cccc(N(C(=O)Cn2nnc3ccccc32)[C@@H](C(=O)NCCC(C)C)c2ccc(C)cc2)c1. The first-order valence-electron chi connectivity index (χ1n) is 12.8. The molecule has 1 N–H and O–H groups in total. The van der Waals surface area contributed by atoms with Crippen LogP contribution in [0.1, 0.15) is 54.7 Å². The minimum atomic E-state index is -0.952. The van der Waals surface area contributed by atoms with E-state index >= 15 is 0 Å². The normalized spacial score (nSPS) is 11.9. The molecular formula is C30H33N5O3. The number of aromatic nitrogens is 3. The van der Waals surface area contributed by atoms with Crippen molar-refractivity contribution >= 4 is 34.3 Å². The van der Waals surface area contributed by atoms with Crippen LogP contribution in [0.4, 0.5) is 5.69 Å². The Morgan fingerprint density at radius 1 is 0.974 bits per heavy atom. The van der Waals surface area contributed by atoms with Crippen LogP contribution in [0.2, 0.25) is 0 Å². The lowest BCUT2D eigenvalue weighted by atomic mass is 10.0. The second-order valence-corrected chi connectivity index (χ2v) is 9.89. The van der Waals surface area contributed by atoms with Gasteiger partial charge in [0.25, 0.3) is 0 Å². The number of nitrogens with one attached hydrogen (secondary N) is 1. The topological polar surface area (TPSA) is 97.2 Å². The van der Waals surface area contributed by atoms with Crippen LogP contribution >= 0.6 is 0 Å². The highest BCUT2D eigenvalue weighted by Gasteiger charge is 2.33. The number of anilines is 1. The number of ketones is 1. The molecule has 0 bridgehead atoms. The fourth-order valence-electron chi connectivity index (χ4n) is 4.30. The number of Topliss-reactive ketones (excluding diaryl/α,β-unsaturated/α-hetero) is 1. The number of rotatable bonds is 10. The largest absolute Gasteiger partial charge is 0.354 e. The molecule has 0 fully saturated rings. The molecule has 4 rings (SSSR count). The highest BCUT2D eigenvalue weighted by molar-refractivity contribution is 6.03. The number of para-hydroxylation sites is 1. The number of benzene rings is 3. The van der Waals surface area contributed by atoms with Crippen molar-refractivity contribution < 1.29 is 14.4 Å². The molecule has 196 valence electrons. The first-order chi connectivity index (χ1) is 18.2. The molecule has 4 aromatic rings. The zero-order chi connectivity index (χ0) is 27.2. The van der Waals surface area contributed by atoms with E-state index in [0.717, 1.165) is 12.0 Å². The number of hydrogen-bond acceptors (Lipinski definition) is 5. The number of nitrogens with zero attached hydrogens (tertiary/aromatic N) is 4. The molecule has 0 saturated carbocycles. The lowest BCUT2D eigenvalue weighted by Crippen LogP contribution is -2.45. The Kier molecular flexibility index (Phi) is 8.31. The summed E-state index contributed by atoms with van der Waals surface area (Å²) in [5.41, 5.74) is 4.01. The summed E-state index contributed by atoms with van der Waals surface area (Å²) in [5, 5.41) is 11.4. The first kappa shape index (κ1) is 26.7. The van der Waals surface area contributed by atoms with E-state index in [9.17, 15) is 14.4 Å². The maximum absolute atomic E-state index is 14.1. The van der Waals surface area contributed by atoms with Crippen molar-refractivity contribution in [3.05, 3.63) is 89.5 Å². The van der Waals surface area contributed by atoms with E-state index in [1.807, 2.05) is 55.5 Å². The third-order valence-electron chi connectivity index (χ3n) is 6.43. The standard InChI is InChI=1S/C30H33N5O3/c1-20(2)16-17-31-30(38)29(23-14-12-21(3)13-15-23)35(25-9-7-8-24(18-25)22(4)36)28(37)19-34-27-11-6-5-10-26(27)32-33-34/h5-15,18,20,29H,16-17,19H2,1-4H3,(H,31,38)/t29-/m1/s1. The molecule has 0 aliphatic carbocycles. The van der Waals surface area contributed by atoms with Crippen LogP contribution in [0, 0.1) is 12.8 Å². The van der Waals surface area contributed by atoms with Crippen LogP contribution in [-0.2, 0) is 16.1 Å². The van der Waals surface area contributed by atoms with Crippen molar-refractivity contribution in [3.8, 4) is 0 Å². The molecule has 0 spiro atoms. The van der Waals surface area contributed by atoms with Crippen molar-refractivity contribution in [2.75, 3.05) is 11.4 Å². The average Bonchev–Trinajstić information content (AvgIpc) is 3.30. The Labute approximate surface area is 222 Å². The van der Waals surface area contributed by atoms with Gasteiger partial charge in [-0.1, -0.05) is 73.2 Å². The van der Waals surface area contributed by atoms with Crippen molar-refractivity contribution in [2.45, 2.75) is 46.7 Å². The first-order valence-corrected chi connectivity index (χ1v) is 12.8. The van der Waals surface area contributed by atoms with Gasteiger partial charge < -0.3 is 5.32 Å². The highest BCUT2D eigenvalue weighted by Crippen LogP contribution is 2.30. The summed E-state index contributed by atoms with van der Waals surface area (Å²) in [4.78, 5) is 41.5. The molecule has 0 unspecified atom stereocenters. The van der Waals surface area contributed by atoms with Crippen molar-refractivity contribution in [3.63, 3.8) is 0 Å². The molecule has 1 aromatic heterocycles. The second-order valence-electron chi connectivity index (χ2n) is 9.89. The van der Waals surface area contributed by atoms with Crippen LogP contribution in [-0.4, -0.2) is 39.1 Å². The summed E-state index contributed by atoms with van der Waals surface area (Å²) in [6.07, 6.45) is 0.811. The molecule has 0 saturated heterocycles. The summed E-state index contributed by atoms with van der Waals surface area (Å²) in [6.45, 7) is 7.98. The van der Waals surface area contributed by atoms with Gasteiger partial charge >= 0.3 is 0 Å². The fraction of sp³-hybridized carbons (Fsp3) is 0.300. The molecule has 1 atom stereocenters. The monoisotopic (exact) mass is 511 g/mol. The smallest absolute Gasteiger partial charge is 0.249 e. The van der Waals surface area contributed by atoms with Crippen LogP contribution in [0.25, 0.3) is 11.0 Å². The predicted octanol–water partition coefficient (Wildman–Crippen LogP) is 4.88. The summed E-state index contributed by atoms with van der Waals surface area (Å²) in [7, 11) is 0. The number of amides is 2. The van der Waals surface area contributed by atoms with Gasteiger partial charge in [0.1, 0.15) is 18.1 Å². The van der Waals surface area contributed by atoms with E-state index in [4.69, 9.17) is 0 Å². The van der Waals surface area contributed by atoms with E-state index in [1.165, 1.54) is 16.5 Å². The summed E-state index contributed by atoms with van der Waals surface area (Å²) >= 11 is 0. The Balaban J connectivity index is 1.80. The van der Waals surface area contributed by atoms with Crippen LogP contribution < -0.4 is 10.2 Å². The Morgan fingerprint density at radius 2 is 1.71 bits per heavy atom. The minimum Gasteiger partial charge on any atom is -0.354 e. The summed E-state index contributed by atoms with van der Waals surface area (Å²) in [6, 6.07) is 20.8. The third kappa shape index (κ3) is 6.14. The van der Waals surface area contributed by atoms with E-state index in [2.05, 4.69) is 29.5 Å². The molecule has 0 radical (unpaired) electrons. The van der Waals surface area contributed by atoms with Crippen LogP contribution in [0.5, 0.6) is 0 Å². The van der Waals surface area contributed by atoms with Gasteiger partial charge in [0, 0.05) is 17.8 Å². The van der Waals surface area contributed by atoms with Gasteiger partial charge in [0.05, 0.1) is 5.52 Å². The molecular weight excluding hydrogens is 478 g/mol. The molecule has 8 nitrogen and oxygen atoms in total. The Hall–Kier alpha value is -4.33. The zero-order valence-electron chi connectivity index (χ0n) is 22.2. The lowest BCUT2D eigenvalue weighted by Gasteiger charge is -2.32. The van der Waals surface area contributed by atoms with E-state index in [1.54, 1.807) is 24.3 Å². The van der Waals surface area contributed by atoms with Crippen LogP contribution in [0.15, 0.2) is 72.8 Å². The number of aryl methyl sites for hydroxylation is 1. The number of hydrogen-bond donors (Lipinski definition) is 1. The number of fused-ring (bicyclic) bond motifs is 1. The van der Waals surface area contributed by atoms with Crippen molar-refractivity contribution in [1.82, 2.24) is 20.3 Å². The molecule has 0 aliphatic heterocycles. The Bertz CT molecular complexity index is 1440. The highest BCUT2D eigenvalue weighted by atomic mass is 16.2. The van der Waals surface area contributed by atoms with Gasteiger partial charge in [-0.15, -0.1) is 5.10 Å². The third-order valence-corrected chi connectivity index (χ3v) is 6.43. The molecule has 0 aliphatic rings. The molecule has 8 heteroatoms. The van der Waals surface area contributed by atoms with Crippen molar-refractivity contribution in [1.29, 1.82) is 0 Å². The molecule has 38 heavy (non-hydrogen) atoms. The molecule has 3 aromatic carbocycles. The predicted molar refractivity (Wildman–Crippen MR) is 148 cm³/mol.